The van der Waals surface area contributed by atoms with Gasteiger partial charge in [-0.25, -0.2) is 0 Å². The average Bonchev–Trinajstić information content (AvgIpc) is 2.37. The molecule has 0 aliphatic heterocycles. The Bertz CT molecular complexity index is 249. The summed E-state index contributed by atoms with van der Waals surface area (Å²) in [5.41, 5.74) is -0.773. The fourth-order valence-electron chi connectivity index (χ4n) is 0.674. The Kier molecular flexibility index (Phi) is 2.00. The lowest BCUT2D eigenvalue weighted by atomic mass is 9.92. The molecule has 3 heteroatoms. The Balaban J connectivity index is 3.00. The van der Waals surface area contributed by atoms with Gasteiger partial charge in [-0.1, -0.05) is 0 Å². The number of carboxylic acids is 1. The maximum Gasteiger partial charge on any atom is 0.314 e. The standard InChI is InChI=1S/C8H9O2S/c1-8(2,7(9)10)6-4-3-5-11-6/h4-5H,1-2H3,(H,9,10). The van der Waals surface area contributed by atoms with Crippen molar-refractivity contribution in [2.24, 2.45) is 0 Å². The van der Waals surface area contributed by atoms with Crippen LogP contribution in [0.1, 0.15) is 18.7 Å². The Morgan fingerprint density at radius 1 is 1.73 bits per heavy atom. The molecule has 0 saturated carbocycles. The van der Waals surface area contributed by atoms with Crippen LogP contribution in [0.3, 0.4) is 0 Å². The first-order chi connectivity index (χ1) is 5.05. The van der Waals surface area contributed by atoms with Crippen molar-refractivity contribution in [2.75, 3.05) is 0 Å². The molecule has 1 aromatic rings. The van der Waals surface area contributed by atoms with Crippen LogP contribution in [0, 0.1) is 6.07 Å². The fraction of sp³-hybridized carbons (Fsp3) is 0.375. The van der Waals surface area contributed by atoms with Crippen molar-refractivity contribution in [3.63, 3.8) is 0 Å². The van der Waals surface area contributed by atoms with Crippen LogP contribution in [0.15, 0.2) is 11.4 Å². The first-order valence-corrected chi connectivity index (χ1v) is 4.11. The van der Waals surface area contributed by atoms with Gasteiger partial charge >= 0.3 is 5.97 Å². The van der Waals surface area contributed by atoms with Gasteiger partial charge in [0.25, 0.3) is 0 Å². The van der Waals surface area contributed by atoms with E-state index >= 15 is 0 Å². The van der Waals surface area contributed by atoms with Crippen molar-refractivity contribution in [3.8, 4) is 0 Å². The zero-order chi connectivity index (χ0) is 8.48. The Morgan fingerprint density at radius 3 is 2.73 bits per heavy atom. The highest BCUT2D eigenvalue weighted by molar-refractivity contribution is 7.10. The molecule has 2 nitrogen and oxygen atoms in total. The summed E-state index contributed by atoms with van der Waals surface area (Å²) >= 11 is 1.42. The zero-order valence-corrected chi connectivity index (χ0v) is 7.23. The van der Waals surface area contributed by atoms with E-state index in [0.29, 0.717) is 0 Å². The molecule has 1 radical (unpaired) electrons. The molecule has 1 heterocycles. The van der Waals surface area contributed by atoms with E-state index in [1.807, 2.05) is 0 Å². The smallest absolute Gasteiger partial charge is 0.314 e. The maximum atomic E-state index is 10.7. The first kappa shape index (κ1) is 8.27. The van der Waals surface area contributed by atoms with Crippen LogP contribution in [-0.2, 0) is 10.2 Å². The topological polar surface area (TPSA) is 37.3 Å². The summed E-state index contributed by atoms with van der Waals surface area (Å²) in [6.45, 7) is 3.38. The Labute approximate surface area is 69.5 Å². The number of hydrogen-bond donors (Lipinski definition) is 1. The second-order valence-corrected chi connectivity index (χ2v) is 3.75. The lowest BCUT2D eigenvalue weighted by Crippen LogP contribution is -2.27. The second-order valence-electron chi connectivity index (χ2n) is 2.84. The molecule has 0 spiro atoms. The molecule has 0 amide bonds. The van der Waals surface area contributed by atoms with E-state index in [-0.39, 0.29) is 0 Å². The molecule has 0 aliphatic carbocycles. The molecule has 1 rings (SSSR count). The number of hydrogen-bond acceptors (Lipinski definition) is 2. The van der Waals surface area contributed by atoms with Gasteiger partial charge in [0.15, 0.2) is 0 Å². The SMILES string of the molecule is CC(C)(C(=O)O)c1c[c]cs1. The van der Waals surface area contributed by atoms with Crippen LogP contribution in [0.2, 0.25) is 0 Å². The molecule has 0 bridgehead atoms. The van der Waals surface area contributed by atoms with Gasteiger partial charge in [0, 0.05) is 4.88 Å². The minimum atomic E-state index is -0.798. The number of rotatable bonds is 2. The van der Waals surface area contributed by atoms with Gasteiger partial charge in [-0.2, -0.15) is 0 Å². The summed E-state index contributed by atoms with van der Waals surface area (Å²) in [6.07, 6.45) is 0. The third kappa shape index (κ3) is 1.43. The van der Waals surface area contributed by atoms with Crippen molar-refractivity contribution < 1.29 is 9.90 Å². The Morgan fingerprint density at radius 2 is 2.36 bits per heavy atom. The first-order valence-electron chi connectivity index (χ1n) is 3.23. The molecule has 59 valence electrons. The van der Waals surface area contributed by atoms with Crippen molar-refractivity contribution in [1.82, 2.24) is 0 Å². The van der Waals surface area contributed by atoms with Gasteiger partial charge in [-0.15, -0.1) is 11.3 Å². The highest BCUT2D eigenvalue weighted by Gasteiger charge is 2.30. The van der Waals surface area contributed by atoms with E-state index in [2.05, 4.69) is 6.07 Å². The largest absolute Gasteiger partial charge is 0.481 e. The summed E-state index contributed by atoms with van der Waals surface area (Å²) in [4.78, 5) is 11.6. The number of carbonyl (C=O) groups is 1. The van der Waals surface area contributed by atoms with Gasteiger partial charge < -0.3 is 5.11 Å². The van der Waals surface area contributed by atoms with Crippen molar-refractivity contribution in [2.45, 2.75) is 19.3 Å². The van der Waals surface area contributed by atoms with Gasteiger partial charge in [0.2, 0.25) is 0 Å². The molecule has 0 atom stereocenters. The molecule has 0 saturated heterocycles. The van der Waals surface area contributed by atoms with Crippen LogP contribution in [0.5, 0.6) is 0 Å². The van der Waals surface area contributed by atoms with E-state index in [1.165, 1.54) is 11.3 Å². The summed E-state index contributed by atoms with van der Waals surface area (Å²) in [6, 6.07) is 4.57. The predicted molar refractivity (Wildman–Crippen MR) is 43.8 cm³/mol. The number of thiophene rings is 1. The van der Waals surface area contributed by atoms with Crippen LogP contribution in [0.4, 0.5) is 0 Å². The molecule has 0 unspecified atom stereocenters. The van der Waals surface area contributed by atoms with Crippen LogP contribution >= 0.6 is 11.3 Å². The summed E-state index contributed by atoms with van der Waals surface area (Å²) in [5.74, 6) is -0.798. The van der Waals surface area contributed by atoms with Crippen molar-refractivity contribution in [3.05, 3.63) is 22.4 Å². The zero-order valence-electron chi connectivity index (χ0n) is 6.42. The lowest BCUT2D eigenvalue weighted by molar-refractivity contribution is -0.142. The summed E-state index contributed by atoms with van der Waals surface area (Å²) in [5, 5.41) is 10.6. The van der Waals surface area contributed by atoms with E-state index in [4.69, 9.17) is 5.11 Å². The minimum Gasteiger partial charge on any atom is -0.481 e. The molecule has 0 aromatic carbocycles. The van der Waals surface area contributed by atoms with E-state index < -0.39 is 11.4 Å². The molecule has 0 aliphatic rings. The molecular formula is C8H9O2S. The number of carboxylic acid groups (broad SMARTS) is 1. The van der Waals surface area contributed by atoms with Gasteiger partial charge in [-0.3, -0.25) is 4.79 Å². The molecular weight excluding hydrogens is 160 g/mol. The van der Waals surface area contributed by atoms with E-state index in [1.54, 1.807) is 25.3 Å². The maximum absolute atomic E-state index is 10.7. The number of aliphatic carboxylic acids is 1. The third-order valence-electron chi connectivity index (χ3n) is 1.62. The molecule has 11 heavy (non-hydrogen) atoms. The van der Waals surface area contributed by atoms with Gasteiger partial charge in [-0.05, 0) is 31.4 Å². The van der Waals surface area contributed by atoms with E-state index in [9.17, 15) is 4.79 Å². The highest BCUT2D eigenvalue weighted by Crippen LogP contribution is 2.26. The molecule has 1 N–H and O–H groups in total. The summed E-state index contributed by atoms with van der Waals surface area (Å²) in [7, 11) is 0. The quantitative estimate of drug-likeness (QED) is 0.734. The average molecular weight is 169 g/mol. The third-order valence-corrected chi connectivity index (χ3v) is 2.76. The lowest BCUT2D eigenvalue weighted by Gasteiger charge is -2.16. The van der Waals surface area contributed by atoms with Gasteiger partial charge in [0.05, 0.1) is 5.41 Å². The predicted octanol–water partition coefficient (Wildman–Crippen LogP) is 1.91. The normalized spacial score (nSPS) is 11.5. The second kappa shape index (κ2) is 2.66. The molecule has 1 aromatic heterocycles. The van der Waals surface area contributed by atoms with Gasteiger partial charge in [0.1, 0.15) is 0 Å². The fourth-order valence-corrected chi connectivity index (χ4v) is 1.46. The van der Waals surface area contributed by atoms with Crippen molar-refractivity contribution >= 4 is 17.3 Å². The van der Waals surface area contributed by atoms with Crippen LogP contribution < -0.4 is 0 Å². The monoisotopic (exact) mass is 169 g/mol. The summed E-state index contributed by atoms with van der Waals surface area (Å²) < 4.78 is 0. The van der Waals surface area contributed by atoms with Crippen LogP contribution in [-0.4, -0.2) is 11.1 Å². The Hall–Kier alpha value is -0.830. The van der Waals surface area contributed by atoms with E-state index in [0.717, 1.165) is 4.88 Å². The highest BCUT2D eigenvalue weighted by atomic mass is 32.1. The molecule has 0 fully saturated rings. The minimum absolute atomic E-state index is 0.773. The van der Waals surface area contributed by atoms with Crippen LogP contribution in [0.25, 0.3) is 0 Å². The van der Waals surface area contributed by atoms with Crippen molar-refractivity contribution in [1.29, 1.82) is 0 Å².